The zero-order valence-corrected chi connectivity index (χ0v) is 13.2. The minimum absolute atomic E-state index is 0.750. The maximum absolute atomic E-state index is 9.43. The second-order valence-electron chi connectivity index (χ2n) is 4.10. The number of hydrogen-bond acceptors (Lipinski definition) is 2. The molecular weight excluding hydrogens is 260 g/mol. The predicted molar refractivity (Wildman–Crippen MR) is 88.7 cm³/mol. The van der Waals surface area contributed by atoms with Crippen LogP contribution in [0.25, 0.3) is 0 Å². The molecule has 3 nitrogen and oxygen atoms in total. The normalized spacial score (nSPS) is 7.19. The molecule has 0 N–H and O–H groups in total. The van der Waals surface area contributed by atoms with E-state index in [1.54, 1.807) is 20.2 Å². The summed E-state index contributed by atoms with van der Waals surface area (Å²) in [5.74, 6) is 0. The lowest BCUT2D eigenvalue weighted by Crippen LogP contribution is -2.06. The van der Waals surface area contributed by atoms with Gasteiger partial charge in [-0.15, -0.1) is 0 Å². The van der Waals surface area contributed by atoms with Gasteiger partial charge in [-0.2, -0.15) is 5.26 Å². The second-order valence-corrected chi connectivity index (χ2v) is 4.10. The van der Waals surface area contributed by atoms with Crippen LogP contribution < -0.4 is 0 Å². The van der Waals surface area contributed by atoms with Crippen LogP contribution in [-0.2, 0) is 4.79 Å². The Morgan fingerprint density at radius 3 is 1.29 bits per heavy atom. The van der Waals surface area contributed by atoms with Crippen molar-refractivity contribution in [1.82, 2.24) is 4.90 Å². The highest BCUT2D eigenvalue weighted by Crippen LogP contribution is 1.92. The third-order valence-electron chi connectivity index (χ3n) is 1.82. The highest BCUT2D eigenvalue weighted by molar-refractivity contribution is 5.45. The van der Waals surface area contributed by atoms with E-state index in [0.717, 1.165) is 6.41 Å². The van der Waals surface area contributed by atoms with Crippen LogP contribution in [0.3, 0.4) is 0 Å². The van der Waals surface area contributed by atoms with E-state index >= 15 is 0 Å². The van der Waals surface area contributed by atoms with E-state index in [1.165, 1.54) is 17.4 Å². The van der Waals surface area contributed by atoms with Gasteiger partial charge in [-0.05, 0) is 6.92 Å². The van der Waals surface area contributed by atoms with E-state index in [1.807, 2.05) is 54.6 Å². The lowest BCUT2D eigenvalue weighted by molar-refractivity contribution is -0.115. The Morgan fingerprint density at radius 1 is 0.905 bits per heavy atom. The molecule has 0 bridgehead atoms. The number of benzene rings is 2. The number of hydrogen-bond donors (Lipinski definition) is 0. The largest absolute Gasteiger partial charge is 0.351 e. The number of nitriles is 1. The number of amides is 1. The first-order chi connectivity index (χ1) is 10.1. The second kappa shape index (κ2) is 17.4. The van der Waals surface area contributed by atoms with Crippen LogP contribution in [0, 0.1) is 18.3 Å². The van der Waals surface area contributed by atoms with Crippen molar-refractivity contribution in [2.45, 2.75) is 13.8 Å². The summed E-state index contributed by atoms with van der Waals surface area (Å²) in [5, 5.41) is 7.32. The molecule has 0 atom stereocenters. The Balaban J connectivity index is 0. The van der Waals surface area contributed by atoms with Gasteiger partial charge < -0.3 is 4.90 Å². The van der Waals surface area contributed by atoms with E-state index in [4.69, 9.17) is 5.26 Å². The Bertz CT molecular complexity index is 435. The predicted octanol–water partition coefficient (Wildman–Crippen LogP) is 3.92. The van der Waals surface area contributed by atoms with Crippen LogP contribution in [0.15, 0.2) is 66.7 Å². The van der Waals surface area contributed by atoms with Crippen LogP contribution >= 0.6 is 0 Å². The number of rotatable bonds is 1. The van der Waals surface area contributed by atoms with E-state index in [-0.39, 0.29) is 0 Å². The summed E-state index contributed by atoms with van der Waals surface area (Å²) in [4.78, 5) is 10.9. The Labute approximate surface area is 128 Å². The minimum atomic E-state index is 0.750. The Hall–Kier alpha value is -2.60. The molecule has 2 aromatic carbocycles. The fraction of sp³-hybridized carbons (Fsp3) is 0.222. The van der Waals surface area contributed by atoms with Crippen LogP contribution in [0.4, 0.5) is 0 Å². The fourth-order valence-electron chi connectivity index (χ4n) is 0.919. The van der Waals surface area contributed by atoms with Crippen molar-refractivity contribution < 1.29 is 4.79 Å². The SMILES string of the molecule is CC#N.CN(C)C=O.Cc1ccccc1.c1ccccc1. The molecule has 0 radical (unpaired) electrons. The molecule has 0 saturated carbocycles. The third kappa shape index (κ3) is 23.0. The smallest absolute Gasteiger partial charge is 0.209 e. The van der Waals surface area contributed by atoms with Gasteiger partial charge in [0.15, 0.2) is 0 Å². The molecule has 0 aliphatic carbocycles. The lowest BCUT2D eigenvalue weighted by Gasteiger charge is -1.93. The average Bonchev–Trinajstić information content (AvgIpc) is 2.52. The van der Waals surface area contributed by atoms with Crippen LogP contribution in [-0.4, -0.2) is 25.4 Å². The first-order valence-electron chi connectivity index (χ1n) is 6.52. The van der Waals surface area contributed by atoms with Crippen molar-refractivity contribution in [1.29, 1.82) is 5.26 Å². The molecule has 0 heterocycles. The highest BCUT2D eigenvalue weighted by Gasteiger charge is 1.72. The molecule has 1 amide bonds. The highest BCUT2D eigenvalue weighted by atomic mass is 16.1. The van der Waals surface area contributed by atoms with Gasteiger partial charge in [-0.3, -0.25) is 4.79 Å². The van der Waals surface area contributed by atoms with Crippen molar-refractivity contribution in [2.24, 2.45) is 0 Å². The van der Waals surface area contributed by atoms with Crippen LogP contribution in [0.1, 0.15) is 12.5 Å². The van der Waals surface area contributed by atoms with Gasteiger partial charge in [0, 0.05) is 21.0 Å². The number of nitrogens with zero attached hydrogens (tertiary/aromatic N) is 2. The first kappa shape index (κ1) is 20.7. The molecule has 112 valence electrons. The van der Waals surface area contributed by atoms with E-state index in [2.05, 4.69) is 19.1 Å². The standard InChI is InChI=1S/C7H8.C6H6.C3H7NO.C2H3N/c1-7-5-3-2-4-6-7;1-2-4-6-5-3-1;1-4(2)3-5;1-2-3/h2-6H,1H3;1-6H;3H,1-2H3;1H3. The zero-order chi connectivity index (χ0) is 16.3. The molecular formula is C18H24N2O. The summed E-state index contributed by atoms with van der Waals surface area (Å²) in [7, 11) is 3.38. The third-order valence-corrected chi connectivity index (χ3v) is 1.82. The Kier molecular flexibility index (Phi) is 17.2. The zero-order valence-electron chi connectivity index (χ0n) is 13.2. The van der Waals surface area contributed by atoms with Crippen molar-refractivity contribution in [3.8, 4) is 6.07 Å². The molecule has 2 aromatic rings. The van der Waals surface area contributed by atoms with Gasteiger partial charge in [-0.1, -0.05) is 72.3 Å². The Morgan fingerprint density at radius 2 is 1.14 bits per heavy atom. The van der Waals surface area contributed by atoms with E-state index in [9.17, 15) is 4.79 Å². The maximum atomic E-state index is 9.43. The summed E-state index contributed by atoms with van der Waals surface area (Å²) in [5.41, 5.74) is 1.32. The summed E-state index contributed by atoms with van der Waals surface area (Å²) >= 11 is 0. The molecule has 0 saturated heterocycles. The molecule has 2 rings (SSSR count). The molecule has 0 aliphatic heterocycles. The monoisotopic (exact) mass is 284 g/mol. The molecule has 0 aliphatic rings. The molecule has 0 fully saturated rings. The fourth-order valence-corrected chi connectivity index (χ4v) is 0.919. The summed E-state index contributed by atoms with van der Waals surface area (Å²) < 4.78 is 0. The van der Waals surface area contributed by atoms with Gasteiger partial charge in [0.25, 0.3) is 0 Å². The van der Waals surface area contributed by atoms with Gasteiger partial charge in [0.05, 0.1) is 6.07 Å². The van der Waals surface area contributed by atoms with Gasteiger partial charge in [-0.25, -0.2) is 0 Å². The summed E-state index contributed by atoms with van der Waals surface area (Å²) in [6, 6.07) is 24.0. The summed E-state index contributed by atoms with van der Waals surface area (Å²) in [6.07, 6.45) is 0.750. The van der Waals surface area contributed by atoms with Crippen molar-refractivity contribution in [2.75, 3.05) is 14.1 Å². The number of carbonyl (C=O) groups excluding carboxylic acids is 1. The quantitative estimate of drug-likeness (QED) is 0.745. The number of aryl methyl sites for hydroxylation is 1. The van der Waals surface area contributed by atoms with Crippen molar-refractivity contribution in [3.05, 3.63) is 72.3 Å². The maximum Gasteiger partial charge on any atom is 0.209 e. The molecule has 3 heteroatoms. The number of carbonyl (C=O) groups is 1. The molecule has 0 aromatic heterocycles. The van der Waals surface area contributed by atoms with Gasteiger partial charge in [0.1, 0.15) is 0 Å². The van der Waals surface area contributed by atoms with Crippen molar-refractivity contribution >= 4 is 6.41 Å². The average molecular weight is 284 g/mol. The topological polar surface area (TPSA) is 44.1 Å². The van der Waals surface area contributed by atoms with Crippen LogP contribution in [0.5, 0.6) is 0 Å². The van der Waals surface area contributed by atoms with E-state index < -0.39 is 0 Å². The van der Waals surface area contributed by atoms with E-state index in [0.29, 0.717) is 0 Å². The molecule has 0 spiro atoms. The lowest BCUT2D eigenvalue weighted by atomic mass is 10.2. The minimum Gasteiger partial charge on any atom is -0.351 e. The molecule has 21 heavy (non-hydrogen) atoms. The first-order valence-corrected chi connectivity index (χ1v) is 6.52. The van der Waals surface area contributed by atoms with Crippen molar-refractivity contribution in [3.63, 3.8) is 0 Å². The van der Waals surface area contributed by atoms with Crippen LogP contribution in [0.2, 0.25) is 0 Å². The van der Waals surface area contributed by atoms with Gasteiger partial charge in [0.2, 0.25) is 6.41 Å². The molecule has 0 unspecified atom stereocenters. The summed E-state index contributed by atoms with van der Waals surface area (Å²) in [6.45, 7) is 3.51. The van der Waals surface area contributed by atoms with Gasteiger partial charge >= 0.3 is 0 Å².